The molecule has 2 aromatic rings. The molecule has 7 heteroatoms. The molecule has 3 N–H and O–H groups in total. The summed E-state index contributed by atoms with van der Waals surface area (Å²) in [6.07, 6.45) is -0.0363. The molecule has 1 amide bonds. The van der Waals surface area contributed by atoms with Crippen LogP contribution in [0.15, 0.2) is 24.3 Å². The first-order valence-corrected chi connectivity index (χ1v) is 6.11. The van der Waals surface area contributed by atoms with Crippen molar-refractivity contribution in [2.75, 3.05) is 17.2 Å². The molecule has 7 nitrogen and oxygen atoms in total. The van der Waals surface area contributed by atoms with Crippen molar-refractivity contribution in [3.63, 3.8) is 0 Å². The normalized spacial score (nSPS) is 18.7. The summed E-state index contributed by atoms with van der Waals surface area (Å²) in [6, 6.07) is 7.19. The molecular weight excluding hydrogens is 260 g/mol. The highest BCUT2D eigenvalue weighted by atomic mass is 16.4. The molecule has 0 spiro atoms. The summed E-state index contributed by atoms with van der Waals surface area (Å²) in [5.74, 6) is -1.58. The quantitative estimate of drug-likeness (QED) is 0.830. The lowest BCUT2D eigenvalue weighted by Crippen LogP contribution is -2.28. The van der Waals surface area contributed by atoms with Gasteiger partial charge in [-0.3, -0.25) is 14.5 Å². The van der Waals surface area contributed by atoms with E-state index >= 15 is 0 Å². The van der Waals surface area contributed by atoms with E-state index in [0.29, 0.717) is 10.9 Å². The number of fused-ring (bicyclic) bond motifs is 1. The van der Waals surface area contributed by atoms with Crippen molar-refractivity contribution in [3.8, 4) is 0 Å². The lowest BCUT2D eigenvalue weighted by atomic mass is 10.1. The van der Waals surface area contributed by atoms with Crippen molar-refractivity contribution in [2.45, 2.75) is 6.42 Å². The number of nitrogen functional groups attached to an aromatic ring is 1. The van der Waals surface area contributed by atoms with E-state index in [2.05, 4.69) is 9.97 Å². The van der Waals surface area contributed by atoms with E-state index in [0.717, 1.165) is 0 Å². The van der Waals surface area contributed by atoms with Crippen molar-refractivity contribution in [1.82, 2.24) is 9.97 Å². The number of aliphatic carboxylic acids is 1. The van der Waals surface area contributed by atoms with Gasteiger partial charge in [-0.2, -0.15) is 4.98 Å². The lowest BCUT2D eigenvalue weighted by molar-refractivity contribution is -0.141. The molecule has 1 atom stereocenters. The molecule has 0 saturated carbocycles. The van der Waals surface area contributed by atoms with Gasteiger partial charge in [-0.1, -0.05) is 12.1 Å². The van der Waals surface area contributed by atoms with Gasteiger partial charge in [0, 0.05) is 18.4 Å². The molecule has 0 bridgehead atoms. The minimum Gasteiger partial charge on any atom is -0.481 e. The second kappa shape index (κ2) is 4.44. The Labute approximate surface area is 114 Å². The van der Waals surface area contributed by atoms with Crippen LogP contribution in [0.3, 0.4) is 0 Å². The third-order valence-corrected chi connectivity index (χ3v) is 3.34. The fraction of sp³-hybridized carbons (Fsp3) is 0.231. The fourth-order valence-corrected chi connectivity index (χ4v) is 2.28. The maximum Gasteiger partial charge on any atom is 0.308 e. The highest BCUT2D eigenvalue weighted by molar-refractivity contribution is 5.99. The van der Waals surface area contributed by atoms with Crippen LogP contribution in [0.5, 0.6) is 0 Å². The number of nitrogens with two attached hydrogens (primary N) is 1. The van der Waals surface area contributed by atoms with Crippen LogP contribution >= 0.6 is 0 Å². The molecule has 0 aliphatic carbocycles. The summed E-state index contributed by atoms with van der Waals surface area (Å²) in [5.41, 5.74) is 6.49. The van der Waals surface area contributed by atoms with Crippen LogP contribution in [0.1, 0.15) is 6.42 Å². The van der Waals surface area contributed by atoms with Crippen molar-refractivity contribution >= 4 is 34.5 Å². The Balaban J connectivity index is 2.03. The molecule has 1 unspecified atom stereocenters. The average Bonchev–Trinajstić information content (AvgIpc) is 2.81. The maximum atomic E-state index is 11.9. The number of nitrogens with zero attached hydrogens (tertiary/aromatic N) is 3. The van der Waals surface area contributed by atoms with Gasteiger partial charge in [0.1, 0.15) is 5.82 Å². The second-order valence-corrected chi connectivity index (χ2v) is 4.67. The Bertz CT molecular complexity index is 716. The molecular formula is C13H12N4O3. The van der Waals surface area contributed by atoms with Crippen LogP contribution in [0.25, 0.3) is 10.9 Å². The Hall–Kier alpha value is -2.70. The summed E-state index contributed by atoms with van der Waals surface area (Å²) in [6.45, 7) is 0.0753. The van der Waals surface area contributed by atoms with Crippen molar-refractivity contribution in [3.05, 3.63) is 24.3 Å². The van der Waals surface area contributed by atoms with Gasteiger partial charge in [-0.15, -0.1) is 0 Å². The third kappa shape index (κ3) is 1.93. The number of anilines is 2. The number of hydrogen-bond donors (Lipinski definition) is 2. The molecule has 1 saturated heterocycles. The van der Waals surface area contributed by atoms with Gasteiger partial charge in [0.2, 0.25) is 11.9 Å². The first kappa shape index (κ1) is 12.3. The number of rotatable bonds is 2. The van der Waals surface area contributed by atoms with E-state index in [-0.39, 0.29) is 30.6 Å². The molecule has 1 aliphatic rings. The number of benzene rings is 1. The highest BCUT2D eigenvalue weighted by Crippen LogP contribution is 2.26. The summed E-state index contributed by atoms with van der Waals surface area (Å²) >= 11 is 0. The second-order valence-electron chi connectivity index (χ2n) is 4.67. The first-order valence-electron chi connectivity index (χ1n) is 6.11. The molecule has 1 aromatic carbocycles. The average molecular weight is 272 g/mol. The SMILES string of the molecule is Nc1nc(N2CC(C(=O)O)CC2=O)nc2ccccc12. The van der Waals surface area contributed by atoms with Gasteiger partial charge in [0.25, 0.3) is 0 Å². The van der Waals surface area contributed by atoms with Crippen LogP contribution in [-0.2, 0) is 9.59 Å². The Morgan fingerprint density at radius 2 is 2.10 bits per heavy atom. The van der Waals surface area contributed by atoms with Gasteiger partial charge in [-0.05, 0) is 12.1 Å². The monoisotopic (exact) mass is 272 g/mol. The van der Waals surface area contributed by atoms with Crippen LogP contribution in [0.2, 0.25) is 0 Å². The molecule has 20 heavy (non-hydrogen) atoms. The number of carbonyl (C=O) groups excluding carboxylic acids is 1. The van der Waals surface area contributed by atoms with Crippen molar-refractivity contribution in [1.29, 1.82) is 0 Å². The first-order chi connectivity index (χ1) is 9.56. The van der Waals surface area contributed by atoms with E-state index in [1.54, 1.807) is 12.1 Å². The summed E-state index contributed by atoms with van der Waals surface area (Å²) in [7, 11) is 0. The fourth-order valence-electron chi connectivity index (χ4n) is 2.28. The van der Waals surface area contributed by atoms with Gasteiger partial charge >= 0.3 is 5.97 Å². The van der Waals surface area contributed by atoms with E-state index < -0.39 is 11.9 Å². The minimum absolute atomic E-state index is 0.0363. The number of carboxylic acids is 1. The number of para-hydroxylation sites is 1. The summed E-state index contributed by atoms with van der Waals surface area (Å²) in [5, 5.41) is 9.68. The molecule has 1 fully saturated rings. The number of hydrogen-bond acceptors (Lipinski definition) is 5. The predicted octanol–water partition coefficient (Wildman–Crippen LogP) is 0.649. The Kier molecular flexibility index (Phi) is 2.74. The van der Waals surface area contributed by atoms with Gasteiger partial charge in [0.05, 0.1) is 11.4 Å². The van der Waals surface area contributed by atoms with Crippen molar-refractivity contribution < 1.29 is 14.7 Å². The maximum absolute atomic E-state index is 11.9. The smallest absolute Gasteiger partial charge is 0.308 e. The topological polar surface area (TPSA) is 109 Å². The van der Waals surface area contributed by atoms with Gasteiger partial charge in [0.15, 0.2) is 0 Å². The predicted molar refractivity (Wildman–Crippen MR) is 72.0 cm³/mol. The van der Waals surface area contributed by atoms with Crippen LogP contribution in [0, 0.1) is 5.92 Å². The molecule has 1 aliphatic heterocycles. The largest absolute Gasteiger partial charge is 0.481 e. The molecule has 102 valence electrons. The Morgan fingerprint density at radius 1 is 1.35 bits per heavy atom. The standard InChI is InChI=1S/C13H12N4O3/c14-11-8-3-1-2-4-9(8)15-13(16-11)17-6-7(12(19)20)5-10(17)18/h1-4,7H,5-6H2,(H,19,20)(H2,14,15,16). The van der Waals surface area contributed by atoms with Gasteiger partial charge in [-0.25, -0.2) is 4.98 Å². The van der Waals surface area contributed by atoms with Crippen molar-refractivity contribution in [2.24, 2.45) is 5.92 Å². The molecule has 2 heterocycles. The van der Waals surface area contributed by atoms with E-state index in [1.807, 2.05) is 12.1 Å². The number of aromatic nitrogens is 2. The minimum atomic E-state index is -0.991. The van der Waals surface area contributed by atoms with Crippen LogP contribution < -0.4 is 10.6 Å². The molecule has 0 radical (unpaired) electrons. The number of carbonyl (C=O) groups is 2. The number of carboxylic acid groups (broad SMARTS) is 1. The zero-order valence-electron chi connectivity index (χ0n) is 10.5. The molecule has 3 rings (SSSR count). The highest BCUT2D eigenvalue weighted by Gasteiger charge is 2.36. The van der Waals surface area contributed by atoms with Gasteiger partial charge < -0.3 is 10.8 Å². The molecule has 1 aromatic heterocycles. The summed E-state index contributed by atoms with van der Waals surface area (Å²) in [4.78, 5) is 32.5. The number of amides is 1. The van der Waals surface area contributed by atoms with E-state index in [1.165, 1.54) is 4.90 Å². The van der Waals surface area contributed by atoms with Crippen LogP contribution in [0.4, 0.5) is 11.8 Å². The zero-order chi connectivity index (χ0) is 14.3. The zero-order valence-corrected chi connectivity index (χ0v) is 10.5. The van der Waals surface area contributed by atoms with E-state index in [9.17, 15) is 9.59 Å². The summed E-state index contributed by atoms with van der Waals surface area (Å²) < 4.78 is 0. The lowest BCUT2D eigenvalue weighted by Gasteiger charge is -2.15. The third-order valence-electron chi connectivity index (χ3n) is 3.34. The Morgan fingerprint density at radius 3 is 2.80 bits per heavy atom. The van der Waals surface area contributed by atoms with Crippen LogP contribution in [-0.4, -0.2) is 33.5 Å². The van der Waals surface area contributed by atoms with E-state index in [4.69, 9.17) is 10.8 Å².